The van der Waals surface area contributed by atoms with Crippen molar-refractivity contribution in [2.24, 2.45) is 0 Å². The Balaban J connectivity index is 1.40. The molecule has 8 nitrogen and oxygen atoms in total. The van der Waals surface area contributed by atoms with Crippen molar-refractivity contribution < 1.29 is 23.9 Å². The van der Waals surface area contributed by atoms with Gasteiger partial charge >= 0.3 is 11.8 Å². The van der Waals surface area contributed by atoms with Crippen LogP contribution >= 0.6 is 11.8 Å². The Morgan fingerprint density at radius 2 is 1.79 bits per heavy atom. The average Bonchev–Trinajstić information content (AvgIpc) is 3.41. The first-order valence-electron chi connectivity index (χ1n) is 7.54. The molecule has 0 radical (unpaired) electrons. The van der Waals surface area contributed by atoms with Crippen molar-refractivity contribution in [1.82, 2.24) is 16.2 Å². The Bertz CT molecular complexity index is 663. The fourth-order valence-electron chi connectivity index (χ4n) is 1.96. The Labute approximate surface area is 142 Å². The molecular formula is C15H17N3O5S. The molecule has 1 aliphatic carbocycles. The molecule has 1 aromatic rings. The first-order chi connectivity index (χ1) is 11.6. The zero-order valence-corrected chi connectivity index (χ0v) is 13.6. The molecule has 2 aliphatic rings. The lowest BCUT2D eigenvalue weighted by molar-refractivity contribution is -0.140. The van der Waals surface area contributed by atoms with E-state index in [0.29, 0.717) is 24.7 Å². The average molecular weight is 351 g/mol. The van der Waals surface area contributed by atoms with E-state index in [1.54, 1.807) is 12.1 Å². The highest BCUT2D eigenvalue weighted by molar-refractivity contribution is 8.00. The number of hydrogen-bond donors (Lipinski definition) is 3. The minimum atomic E-state index is -0.875. The number of amides is 3. The number of carbonyl (C=O) groups is 3. The number of hydrazine groups is 1. The van der Waals surface area contributed by atoms with Crippen LogP contribution in [0.15, 0.2) is 23.1 Å². The molecule has 1 heterocycles. The predicted molar refractivity (Wildman–Crippen MR) is 85.6 cm³/mol. The molecule has 3 rings (SSSR count). The SMILES string of the molecule is O=C(CSc1ccc2c(c1)OCCO2)NNC(=O)C(=O)NC1CC1. The smallest absolute Gasteiger partial charge is 0.327 e. The number of nitrogens with one attached hydrogen (secondary N) is 3. The van der Waals surface area contributed by atoms with Crippen LogP contribution in [-0.2, 0) is 14.4 Å². The van der Waals surface area contributed by atoms with Crippen LogP contribution in [0.3, 0.4) is 0 Å². The molecule has 1 aromatic carbocycles. The highest BCUT2D eigenvalue weighted by atomic mass is 32.2. The second kappa shape index (κ2) is 7.43. The van der Waals surface area contributed by atoms with Gasteiger partial charge in [0.15, 0.2) is 11.5 Å². The second-order valence-electron chi connectivity index (χ2n) is 5.34. The van der Waals surface area contributed by atoms with Gasteiger partial charge in [0.2, 0.25) is 5.91 Å². The maximum atomic E-state index is 11.7. The van der Waals surface area contributed by atoms with E-state index in [-0.39, 0.29) is 11.8 Å². The number of carbonyl (C=O) groups excluding carboxylic acids is 3. The zero-order valence-electron chi connectivity index (χ0n) is 12.8. The minimum Gasteiger partial charge on any atom is -0.486 e. The molecule has 0 saturated heterocycles. The molecule has 0 atom stereocenters. The molecule has 128 valence electrons. The third-order valence-corrected chi connectivity index (χ3v) is 4.31. The molecule has 1 saturated carbocycles. The Morgan fingerprint density at radius 3 is 2.54 bits per heavy atom. The summed E-state index contributed by atoms with van der Waals surface area (Å²) >= 11 is 1.28. The lowest BCUT2D eigenvalue weighted by Crippen LogP contribution is -2.49. The van der Waals surface area contributed by atoms with E-state index in [9.17, 15) is 14.4 Å². The summed E-state index contributed by atoms with van der Waals surface area (Å²) < 4.78 is 10.9. The van der Waals surface area contributed by atoms with Crippen molar-refractivity contribution >= 4 is 29.5 Å². The van der Waals surface area contributed by atoms with Gasteiger partial charge in [-0.2, -0.15) is 0 Å². The normalized spacial score (nSPS) is 15.3. The second-order valence-corrected chi connectivity index (χ2v) is 6.39. The van der Waals surface area contributed by atoms with Crippen molar-refractivity contribution in [3.63, 3.8) is 0 Å². The lowest BCUT2D eigenvalue weighted by Gasteiger charge is -2.18. The van der Waals surface area contributed by atoms with Gasteiger partial charge < -0.3 is 14.8 Å². The number of hydrogen-bond acceptors (Lipinski definition) is 6. The zero-order chi connectivity index (χ0) is 16.9. The number of fused-ring (bicyclic) bond motifs is 1. The molecule has 3 amide bonds. The summed E-state index contributed by atoms with van der Waals surface area (Å²) in [6.07, 6.45) is 1.77. The summed E-state index contributed by atoms with van der Waals surface area (Å²) in [5, 5.41) is 2.53. The van der Waals surface area contributed by atoms with Gasteiger partial charge in [-0.1, -0.05) is 0 Å². The van der Waals surface area contributed by atoms with E-state index < -0.39 is 17.7 Å². The number of ether oxygens (including phenoxy) is 2. The largest absolute Gasteiger partial charge is 0.486 e. The summed E-state index contributed by atoms with van der Waals surface area (Å²) in [7, 11) is 0. The molecule has 0 bridgehead atoms. The molecule has 0 spiro atoms. The van der Waals surface area contributed by atoms with E-state index in [1.165, 1.54) is 11.8 Å². The van der Waals surface area contributed by atoms with Gasteiger partial charge in [0.1, 0.15) is 13.2 Å². The van der Waals surface area contributed by atoms with Crippen LogP contribution in [0.1, 0.15) is 12.8 Å². The van der Waals surface area contributed by atoms with Gasteiger partial charge in [-0.15, -0.1) is 11.8 Å². The first-order valence-corrected chi connectivity index (χ1v) is 8.52. The topological polar surface area (TPSA) is 106 Å². The molecule has 1 fully saturated rings. The van der Waals surface area contributed by atoms with Crippen LogP contribution < -0.4 is 25.6 Å². The van der Waals surface area contributed by atoms with Crippen molar-refractivity contribution in [1.29, 1.82) is 0 Å². The van der Waals surface area contributed by atoms with E-state index in [1.807, 2.05) is 6.07 Å². The standard InChI is InChI=1S/C15H17N3O5S/c19-13(17-18-15(21)14(20)16-9-1-2-9)8-24-10-3-4-11-12(7-10)23-6-5-22-11/h3-4,7,9H,1-2,5-6,8H2,(H,16,20)(H,17,19)(H,18,21). The van der Waals surface area contributed by atoms with Crippen molar-refractivity contribution in [2.45, 2.75) is 23.8 Å². The fourth-order valence-corrected chi connectivity index (χ4v) is 2.68. The van der Waals surface area contributed by atoms with Crippen molar-refractivity contribution in [3.8, 4) is 11.5 Å². The van der Waals surface area contributed by atoms with E-state index >= 15 is 0 Å². The number of rotatable bonds is 4. The predicted octanol–water partition coefficient (Wildman–Crippen LogP) is -0.0241. The van der Waals surface area contributed by atoms with Crippen LogP contribution in [0.4, 0.5) is 0 Å². The lowest BCUT2D eigenvalue weighted by atomic mass is 10.3. The van der Waals surface area contributed by atoms with Crippen molar-refractivity contribution in [2.75, 3.05) is 19.0 Å². The maximum Gasteiger partial charge on any atom is 0.327 e. The van der Waals surface area contributed by atoms with Crippen molar-refractivity contribution in [3.05, 3.63) is 18.2 Å². The first kappa shape index (κ1) is 16.4. The third kappa shape index (κ3) is 4.54. The van der Waals surface area contributed by atoms with Gasteiger partial charge in [0.05, 0.1) is 5.75 Å². The quantitative estimate of drug-likeness (QED) is 0.400. The number of benzene rings is 1. The van der Waals surface area contributed by atoms with E-state index in [4.69, 9.17) is 9.47 Å². The van der Waals surface area contributed by atoms with Gasteiger partial charge in [-0.25, -0.2) is 0 Å². The summed E-state index contributed by atoms with van der Waals surface area (Å²) in [5.74, 6) is -0.607. The Kier molecular flexibility index (Phi) is 5.09. The van der Waals surface area contributed by atoms with Crippen LogP contribution in [0.5, 0.6) is 11.5 Å². The molecule has 0 unspecified atom stereocenters. The Morgan fingerprint density at radius 1 is 1.04 bits per heavy atom. The van der Waals surface area contributed by atoms with E-state index in [2.05, 4.69) is 16.2 Å². The minimum absolute atomic E-state index is 0.0875. The molecular weight excluding hydrogens is 334 g/mol. The van der Waals surface area contributed by atoms with Gasteiger partial charge in [0.25, 0.3) is 0 Å². The van der Waals surface area contributed by atoms with Crippen LogP contribution in [0.2, 0.25) is 0 Å². The summed E-state index contributed by atoms with van der Waals surface area (Å²) in [6, 6.07) is 5.50. The van der Waals surface area contributed by atoms with Gasteiger partial charge in [-0.3, -0.25) is 25.2 Å². The summed E-state index contributed by atoms with van der Waals surface area (Å²) in [5.41, 5.74) is 4.31. The molecule has 0 aromatic heterocycles. The molecule has 9 heteroatoms. The summed E-state index contributed by atoms with van der Waals surface area (Å²) in [6.45, 7) is 1.02. The van der Waals surface area contributed by atoms with Crippen LogP contribution in [-0.4, -0.2) is 42.7 Å². The third-order valence-electron chi connectivity index (χ3n) is 3.32. The molecule has 3 N–H and O–H groups in total. The molecule has 24 heavy (non-hydrogen) atoms. The van der Waals surface area contributed by atoms with Gasteiger partial charge in [0, 0.05) is 10.9 Å². The van der Waals surface area contributed by atoms with Crippen LogP contribution in [0.25, 0.3) is 0 Å². The highest BCUT2D eigenvalue weighted by Gasteiger charge is 2.26. The Hall–Kier alpha value is -2.42. The monoisotopic (exact) mass is 351 g/mol. The maximum absolute atomic E-state index is 11.7. The molecule has 1 aliphatic heterocycles. The highest BCUT2D eigenvalue weighted by Crippen LogP contribution is 2.34. The van der Waals surface area contributed by atoms with Crippen LogP contribution in [0, 0.1) is 0 Å². The van der Waals surface area contributed by atoms with E-state index in [0.717, 1.165) is 17.7 Å². The van der Waals surface area contributed by atoms with Gasteiger partial charge in [-0.05, 0) is 31.0 Å². The fraction of sp³-hybridized carbons (Fsp3) is 0.400. The summed E-state index contributed by atoms with van der Waals surface area (Å²) in [4.78, 5) is 35.5. The number of thioether (sulfide) groups is 1.